The van der Waals surface area contributed by atoms with Gasteiger partial charge in [0.05, 0.1) is 0 Å². The number of benzene rings is 1. The van der Waals surface area contributed by atoms with Crippen LogP contribution in [0.15, 0.2) is 24.3 Å². The van der Waals surface area contributed by atoms with Gasteiger partial charge in [0, 0.05) is 18.3 Å². The molecular weight excluding hydrogens is 268 g/mol. The molecule has 1 aliphatic heterocycles. The number of nitrogens with zero attached hydrogens (tertiary/aromatic N) is 1. The molecule has 1 aromatic carbocycles. The van der Waals surface area contributed by atoms with Crippen molar-refractivity contribution in [3.05, 3.63) is 29.8 Å². The summed E-state index contributed by atoms with van der Waals surface area (Å²) in [5.41, 5.74) is 1.44. The lowest BCUT2D eigenvalue weighted by molar-refractivity contribution is -0.138. The van der Waals surface area contributed by atoms with Crippen molar-refractivity contribution in [3.8, 4) is 0 Å². The minimum atomic E-state index is -0.882. The van der Waals surface area contributed by atoms with Crippen LogP contribution in [0.4, 0.5) is 10.5 Å². The molecule has 2 N–H and O–H groups in total. The zero-order valence-corrected chi connectivity index (χ0v) is 12.1. The van der Waals surface area contributed by atoms with E-state index in [0.29, 0.717) is 11.6 Å². The smallest absolute Gasteiger partial charge is 0.322 e. The Balaban J connectivity index is 1.80. The number of fused-ring (bicyclic) bond motifs is 1. The highest BCUT2D eigenvalue weighted by Crippen LogP contribution is 2.36. The summed E-state index contributed by atoms with van der Waals surface area (Å²) < 4.78 is 0. The Kier molecular flexibility index (Phi) is 3.57. The number of anilines is 1. The molecule has 2 amide bonds. The molecule has 1 aromatic rings. The van der Waals surface area contributed by atoms with E-state index in [4.69, 9.17) is 0 Å². The number of carboxylic acids is 1. The number of urea groups is 1. The lowest BCUT2D eigenvalue weighted by Gasteiger charge is -2.23. The summed E-state index contributed by atoms with van der Waals surface area (Å²) in [4.78, 5) is 25.4. The van der Waals surface area contributed by atoms with E-state index in [1.807, 2.05) is 18.2 Å². The van der Waals surface area contributed by atoms with Gasteiger partial charge in [0.25, 0.3) is 0 Å². The Morgan fingerprint density at radius 1 is 1.29 bits per heavy atom. The molecule has 0 bridgehead atoms. The number of amides is 2. The van der Waals surface area contributed by atoms with Gasteiger partial charge in [-0.15, -0.1) is 0 Å². The fraction of sp³-hybridized carbons (Fsp3) is 0.500. The SMILES string of the molecule is CC1CCCC1NC(=O)N1CC(C(=O)O)c2ccccc21. The molecule has 0 aromatic heterocycles. The quantitative estimate of drug-likeness (QED) is 0.878. The van der Waals surface area contributed by atoms with Crippen LogP contribution in [0.3, 0.4) is 0 Å². The highest BCUT2D eigenvalue weighted by Gasteiger charge is 2.37. The summed E-state index contributed by atoms with van der Waals surface area (Å²) in [6.45, 7) is 2.36. The van der Waals surface area contributed by atoms with Gasteiger partial charge in [-0.3, -0.25) is 9.69 Å². The van der Waals surface area contributed by atoms with Crippen LogP contribution in [0.5, 0.6) is 0 Å². The van der Waals surface area contributed by atoms with Crippen molar-refractivity contribution in [3.63, 3.8) is 0 Å². The van der Waals surface area contributed by atoms with Gasteiger partial charge in [0.15, 0.2) is 0 Å². The molecule has 5 nitrogen and oxygen atoms in total. The van der Waals surface area contributed by atoms with Crippen molar-refractivity contribution < 1.29 is 14.7 Å². The zero-order chi connectivity index (χ0) is 15.0. The Bertz CT molecular complexity index is 572. The van der Waals surface area contributed by atoms with Crippen LogP contribution in [0, 0.1) is 5.92 Å². The van der Waals surface area contributed by atoms with E-state index in [2.05, 4.69) is 12.2 Å². The van der Waals surface area contributed by atoms with Crippen LogP contribution in [-0.4, -0.2) is 29.7 Å². The van der Waals surface area contributed by atoms with E-state index in [1.54, 1.807) is 11.0 Å². The number of carboxylic acid groups (broad SMARTS) is 1. The average Bonchev–Trinajstić information content (AvgIpc) is 3.03. The van der Waals surface area contributed by atoms with Gasteiger partial charge >= 0.3 is 12.0 Å². The van der Waals surface area contributed by atoms with E-state index in [0.717, 1.165) is 24.8 Å². The topological polar surface area (TPSA) is 69.6 Å². The lowest BCUT2D eigenvalue weighted by Crippen LogP contribution is -2.45. The highest BCUT2D eigenvalue weighted by molar-refractivity contribution is 5.98. The van der Waals surface area contributed by atoms with Crippen molar-refractivity contribution in [2.45, 2.75) is 38.1 Å². The second-order valence-corrected chi connectivity index (χ2v) is 6.02. The summed E-state index contributed by atoms with van der Waals surface area (Å²) in [5.74, 6) is -1.03. The van der Waals surface area contributed by atoms with Crippen molar-refractivity contribution in [1.29, 1.82) is 0 Å². The summed E-state index contributed by atoms with van der Waals surface area (Å²) in [7, 11) is 0. The van der Waals surface area contributed by atoms with Crippen LogP contribution < -0.4 is 10.2 Å². The van der Waals surface area contributed by atoms with Crippen molar-refractivity contribution in [2.75, 3.05) is 11.4 Å². The van der Waals surface area contributed by atoms with E-state index in [-0.39, 0.29) is 18.6 Å². The molecule has 1 saturated carbocycles. The first-order valence-corrected chi connectivity index (χ1v) is 7.47. The van der Waals surface area contributed by atoms with Gasteiger partial charge in [-0.05, 0) is 30.4 Å². The van der Waals surface area contributed by atoms with E-state index in [1.165, 1.54) is 0 Å². The summed E-state index contributed by atoms with van der Waals surface area (Å²) in [6, 6.07) is 7.28. The third kappa shape index (κ3) is 2.48. The largest absolute Gasteiger partial charge is 0.481 e. The highest BCUT2D eigenvalue weighted by atomic mass is 16.4. The summed E-state index contributed by atoms with van der Waals surface area (Å²) in [6.07, 6.45) is 3.28. The van der Waals surface area contributed by atoms with Crippen LogP contribution in [0.25, 0.3) is 0 Å². The third-order valence-corrected chi connectivity index (χ3v) is 4.68. The Morgan fingerprint density at radius 3 is 2.71 bits per heavy atom. The number of rotatable bonds is 2. The molecule has 0 saturated heterocycles. The van der Waals surface area contributed by atoms with Gasteiger partial charge < -0.3 is 10.4 Å². The monoisotopic (exact) mass is 288 g/mol. The molecule has 21 heavy (non-hydrogen) atoms. The minimum Gasteiger partial charge on any atom is -0.481 e. The molecule has 5 heteroatoms. The van der Waals surface area contributed by atoms with E-state index >= 15 is 0 Å². The number of hydrogen-bond acceptors (Lipinski definition) is 2. The molecular formula is C16H20N2O3. The average molecular weight is 288 g/mol. The lowest BCUT2D eigenvalue weighted by atomic mass is 10.0. The first kappa shape index (κ1) is 13.9. The molecule has 3 atom stereocenters. The molecule has 2 aliphatic rings. The Hall–Kier alpha value is -2.04. The third-order valence-electron chi connectivity index (χ3n) is 4.68. The number of carbonyl (C=O) groups is 2. The maximum atomic E-state index is 12.5. The van der Waals surface area contributed by atoms with Gasteiger partial charge in [-0.1, -0.05) is 31.5 Å². The molecule has 1 aliphatic carbocycles. The molecule has 1 fully saturated rings. The number of aliphatic carboxylic acids is 1. The van der Waals surface area contributed by atoms with Crippen molar-refractivity contribution in [1.82, 2.24) is 5.32 Å². The number of nitrogens with one attached hydrogen (secondary N) is 1. The molecule has 0 radical (unpaired) electrons. The van der Waals surface area contributed by atoms with Crippen LogP contribution in [0.1, 0.15) is 37.7 Å². The molecule has 1 heterocycles. The molecule has 3 rings (SSSR count). The summed E-state index contributed by atoms with van der Waals surface area (Å²) in [5, 5.41) is 12.4. The maximum absolute atomic E-state index is 12.5. The van der Waals surface area contributed by atoms with Gasteiger partial charge in [-0.25, -0.2) is 4.79 Å². The summed E-state index contributed by atoms with van der Waals surface area (Å²) >= 11 is 0. The minimum absolute atomic E-state index is 0.176. The van der Waals surface area contributed by atoms with E-state index < -0.39 is 11.9 Å². The second-order valence-electron chi connectivity index (χ2n) is 6.02. The second kappa shape index (κ2) is 5.39. The predicted molar refractivity (Wildman–Crippen MR) is 79.5 cm³/mol. The first-order valence-electron chi connectivity index (χ1n) is 7.47. The first-order chi connectivity index (χ1) is 10.1. The number of carbonyl (C=O) groups excluding carboxylic acids is 1. The zero-order valence-electron chi connectivity index (χ0n) is 12.1. The fourth-order valence-corrected chi connectivity index (χ4v) is 3.41. The van der Waals surface area contributed by atoms with Gasteiger partial charge in [0.1, 0.15) is 5.92 Å². The predicted octanol–water partition coefficient (Wildman–Crippen LogP) is 2.57. The van der Waals surface area contributed by atoms with Gasteiger partial charge in [-0.2, -0.15) is 0 Å². The van der Waals surface area contributed by atoms with Gasteiger partial charge in [0.2, 0.25) is 0 Å². The van der Waals surface area contributed by atoms with Crippen LogP contribution in [-0.2, 0) is 4.79 Å². The normalized spacial score (nSPS) is 27.5. The standard InChI is InChI=1S/C16H20N2O3/c1-10-5-4-7-13(10)17-16(21)18-9-12(15(19)20)11-6-2-3-8-14(11)18/h2-3,6,8,10,12-13H,4-5,7,9H2,1H3,(H,17,21)(H,19,20). The Labute approximate surface area is 123 Å². The van der Waals surface area contributed by atoms with Crippen molar-refractivity contribution in [2.24, 2.45) is 5.92 Å². The molecule has 112 valence electrons. The van der Waals surface area contributed by atoms with Crippen molar-refractivity contribution >= 4 is 17.7 Å². The van der Waals surface area contributed by atoms with Crippen LogP contribution >= 0.6 is 0 Å². The number of para-hydroxylation sites is 1. The number of hydrogen-bond donors (Lipinski definition) is 2. The molecule has 3 unspecified atom stereocenters. The fourth-order valence-electron chi connectivity index (χ4n) is 3.41. The Morgan fingerprint density at radius 2 is 2.05 bits per heavy atom. The maximum Gasteiger partial charge on any atom is 0.322 e. The van der Waals surface area contributed by atoms with Crippen LogP contribution in [0.2, 0.25) is 0 Å². The molecule has 0 spiro atoms. The van der Waals surface area contributed by atoms with E-state index in [9.17, 15) is 14.7 Å².